The van der Waals surface area contributed by atoms with Gasteiger partial charge in [-0.05, 0) is 37.0 Å². The van der Waals surface area contributed by atoms with E-state index in [-0.39, 0.29) is 17.7 Å². The van der Waals surface area contributed by atoms with E-state index in [1.54, 1.807) is 6.07 Å². The monoisotopic (exact) mass is 349 g/mol. The fraction of sp³-hybridized carbons (Fsp3) is 0.556. The lowest BCUT2D eigenvalue weighted by atomic mass is 9.94. The number of aromatic nitrogens is 1. The Balaban J connectivity index is 1.64. The lowest BCUT2D eigenvalue weighted by Crippen LogP contribution is -2.49. The van der Waals surface area contributed by atoms with Crippen LogP contribution in [0.1, 0.15) is 44.9 Å². The lowest BCUT2D eigenvalue weighted by molar-refractivity contribution is -0.134. The van der Waals surface area contributed by atoms with Crippen LogP contribution in [0.25, 0.3) is 11.1 Å². The number of hydrogen-bond acceptors (Lipinski definition) is 4. The highest BCUT2D eigenvalue weighted by Gasteiger charge is 2.30. The minimum absolute atomic E-state index is 0.0622. The number of carbonyl (C=O) groups excluding carboxylic acids is 1. The molecular formula is C18H24ClN3O2. The molecule has 0 bridgehead atoms. The number of halogens is 1. The summed E-state index contributed by atoms with van der Waals surface area (Å²) in [6, 6.07) is 5.06. The van der Waals surface area contributed by atoms with Crippen molar-refractivity contribution in [2.24, 2.45) is 11.7 Å². The molecule has 0 aliphatic carbocycles. The van der Waals surface area contributed by atoms with E-state index in [0.29, 0.717) is 18.1 Å². The van der Waals surface area contributed by atoms with Crippen LogP contribution in [0, 0.1) is 5.92 Å². The minimum atomic E-state index is -0.405. The minimum Gasteiger partial charge on any atom is -0.440 e. The van der Waals surface area contributed by atoms with Gasteiger partial charge in [-0.2, -0.15) is 0 Å². The van der Waals surface area contributed by atoms with Crippen LogP contribution in [0.3, 0.4) is 0 Å². The zero-order valence-electron chi connectivity index (χ0n) is 14.2. The fourth-order valence-electron chi connectivity index (χ4n) is 3.15. The molecule has 5 nitrogen and oxygen atoms in total. The van der Waals surface area contributed by atoms with Gasteiger partial charge in [0, 0.05) is 24.0 Å². The summed E-state index contributed by atoms with van der Waals surface area (Å²) in [7, 11) is 0. The predicted octanol–water partition coefficient (Wildman–Crippen LogP) is 3.56. The Labute approximate surface area is 147 Å². The Morgan fingerprint density at radius 2 is 2.17 bits per heavy atom. The van der Waals surface area contributed by atoms with Gasteiger partial charge >= 0.3 is 0 Å². The molecule has 1 aromatic heterocycles. The van der Waals surface area contributed by atoms with Crippen LogP contribution in [0.5, 0.6) is 0 Å². The average molecular weight is 350 g/mol. The van der Waals surface area contributed by atoms with Crippen molar-refractivity contribution in [3.05, 3.63) is 29.1 Å². The van der Waals surface area contributed by atoms with E-state index in [1.165, 1.54) is 0 Å². The van der Waals surface area contributed by atoms with Gasteiger partial charge in [-0.15, -0.1) is 0 Å². The van der Waals surface area contributed by atoms with E-state index in [0.717, 1.165) is 36.3 Å². The molecule has 2 N–H and O–H groups in total. The summed E-state index contributed by atoms with van der Waals surface area (Å²) in [6.45, 7) is 5.49. The van der Waals surface area contributed by atoms with Crippen molar-refractivity contribution < 1.29 is 9.21 Å². The van der Waals surface area contributed by atoms with E-state index in [4.69, 9.17) is 21.8 Å². The van der Waals surface area contributed by atoms with Crippen LogP contribution in [0.4, 0.5) is 0 Å². The molecule has 0 saturated carbocycles. The molecule has 2 heterocycles. The van der Waals surface area contributed by atoms with Crippen LogP contribution >= 0.6 is 11.6 Å². The number of likely N-dealkylation sites (tertiary alicyclic amines) is 1. The SMILES string of the molecule is CCC(C)C(N)C(=O)N1CCC(c2nc3cc(Cl)ccc3o2)CC1. The quantitative estimate of drug-likeness (QED) is 0.916. The first-order chi connectivity index (χ1) is 11.5. The molecule has 1 saturated heterocycles. The summed E-state index contributed by atoms with van der Waals surface area (Å²) in [4.78, 5) is 18.9. The molecular weight excluding hydrogens is 326 g/mol. The summed E-state index contributed by atoms with van der Waals surface area (Å²) >= 11 is 6.00. The van der Waals surface area contributed by atoms with Gasteiger partial charge in [0.2, 0.25) is 5.91 Å². The van der Waals surface area contributed by atoms with E-state index >= 15 is 0 Å². The number of nitrogens with two attached hydrogens (primary N) is 1. The van der Waals surface area contributed by atoms with E-state index < -0.39 is 6.04 Å². The van der Waals surface area contributed by atoms with Crippen molar-refractivity contribution in [2.75, 3.05) is 13.1 Å². The molecule has 1 amide bonds. The van der Waals surface area contributed by atoms with Crippen LogP contribution in [-0.2, 0) is 4.79 Å². The summed E-state index contributed by atoms with van der Waals surface area (Å²) in [5, 5.41) is 0.654. The summed E-state index contributed by atoms with van der Waals surface area (Å²) in [6.07, 6.45) is 2.61. The Kier molecular flexibility index (Phi) is 5.11. The molecule has 2 unspecified atom stereocenters. The third-order valence-corrected chi connectivity index (χ3v) is 5.30. The van der Waals surface area contributed by atoms with Crippen LogP contribution < -0.4 is 5.73 Å². The summed E-state index contributed by atoms with van der Waals surface area (Å²) in [5.41, 5.74) is 7.62. The van der Waals surface area contributed by atoms with E-state index in [2.05, 4.69) is 11.9 Å². The van der Waals surface area contributed by atoms with Crippen molar-refractivity contribution in [2.45, 2.75) is 45.1 Å². The molecule has 0 radical (unpaired) electrons. The van der Waals surface area contributed by atoms with Crippen LogP contribution in [0.2, 0.25) is 5.02 Å². The van der Waals surface area contributed by atoms with Crippen molar-refractivity contribution in [3.8, 4) is 0 Å². The average Bonchev–Trinajstić information content (AvgIpc) is 3.03. The normalized spacial score (nSPS) is 18.8. The van der Waals surface area contributed by atoms with E-state index in [1.807, 2.05) is 24.0 Å². The number of amides is 1. The van der Waals surface area contributed by atoms with Crippen molar-refractivity contribution in [3.63, 3.8) is 0 Å². The second-order valence-electron chi connectivity index (χ2n) is 6.68. The Morgan fingerprint density at radius 1 is 1.46 bits per heavy atom. The fourth-order valence-corrected chi connectivity index (χ4v) is 3.31. The largest absolute Gasteiger partial charge is 0.440 e. The number of hydrogen-bond donors (Lipinski definition) is 1. The maximum Gasteiger partial charge on any atom is 0.239 e. The van der Waals surface area contributed by atoms with Crippen LogP contribution in [0.15, 0.2) is 22.6 Å². The second kappa shape index (κ2) is 7.11. The van der Waals surface area contributed by atoms with Gasteiger partial charge in [0.15, 0.2) is 11.5 Å². The first-order valence-corrected chi connectivity index (χ1v) is 8.97. The zero-order chi connectivity index (χ0) is 17.3. The van der Waals surface area contributed by atoms with Gasteiger partial charge in [-0.25, -0.2) is 4.98 Å². The number of benzene rings is 1. The first-order valence-electron chi connectivity index (χ1n) is 8.60. The van der Waals surface area contributed by atoms with Gasteiger partial charge in [0.1, 0.15) is 5.52 Å². The molecule has 6 heteroatoms. The molecule has 2 atom stereocenters. The second-order valence-corrected chi connectivity index (χ2v) is 7.11. The van der Waals surface area contributed by atoms with Gasteiger partial charge < -0.3 is 15.1 Å². The zero-order valence-corrected chi connectivity index (χ0v) is 14.9. The molecule has 3 rings (SSSR count). The Bertz CT molecular complexity index is 722. The standard InChI is InChI=1S/C18H24ClN3O2/c1-3-11(2)16(20)18(23)22-8-6-12(7-9-22)17-21-14-10-13(19)4-5-15(14)24-17/h4-5,10-12,16H,3,6-9,20H2,1-2H3. The highest BCUT2D eigenvalue weighted by atomic mass is 35.5. The van der Waals surface area contributed by atoms with Gasteiger partial charge in [-0.3, -0.25) is 4.79 Å². The molecule has 24 heavy (non-hydrogen) atoms. The topological polar surface area (TPSA) is 72.4 Å². The number of carbonyl (C=O) groups is 1. The first kappa shape index (κ1) is 17.2. The predicted molar refractivity (Wildman–Crippen MR) is 95.0 cm³/mol. The number of piperidine rings is 1. The van der Waals surface area contributed by atoms with Gasteiger partial charge in [0.05, 0.1) is 6.04 Å². The maximum absolute atomic E-state index is 12.5. The number of rotatable bonds is 4. The lowest BCUT2D eigenvalue weighted by Gasteiger charge is -2.33. The molecule has 1 aliphatic heterocycles. The molecule has 130 valence electrons. The number of fused-ring (bicyclic) bond motifs is 1. The van der Waals surface area contributed by atoms with Crippen molar-refractivity contribution >= 4 is 28.6 Å². The van der Waals surface area contributed by atoms with Gasteiger partial charge in [-0.1, -0.05) is 31.9 Å². The molecule has 1 aromatic carbocycles. The maximum atomic E-state index is 12.5. The van der Waals surface area contributed by atoms with E-state index in [9.17, 15) is 4.79 Å². The Morgan fingerprint density at radius 3 is 2.83 bits per heavy atom. The highest BCUT2D eigenvalue weighted by Crippen LogP contribution is 2.31. The number of nitrogens with zero attached hydrogens (tertiary/aromatic N) is 2. The van der Waals surface area contributed by atoms with Crippen molar-refractivity contribution in [1.82, 2.24) is 9.88 Å². The summed E-state index contributed by atoms with van der Waals surface area (Å²) in [5.74, 6) is 1.25. The smallest absolute Gasteiger partial charge is 0.239 e. The molecule has 0 spiro atoms. The molecule has 1 aliphatic rings. The third kappa shape index (κ3) is 3.42. The highest BCUT2D eigenvalue weighted by molar-refractivity contribution is 6.31. The molecule has 1 fully saturated rings. The summed E-state index contributed by atoms with van der Waals surface area (Å²) < 4.78 is 5.86. The molecule has 2 aromatic rings. The third-order valence-electron chi connectivity index (χ3n) is 5.06. The van der Waals surface area contributed by atoms with Crippen molar-refractivity contribution in [1.29, 1.82) is 0 Å². The van der Waals surface area contributed by atoms with Gasteiger partial charge in [0.25, 0.3) is 0 Å². The number of oxazole rings is 1. The Hall–Kier alpha value is -1.59. The van der Waals surface area contributed by atoms with Crippen LogP contribution in [-0.4, -0.2) is 34.9 Å².